The van der Waals surface area contributed by atoms with Crippen LogP contribution in [-0.4, -0.2) is 48.3 Å². The molecule has 1 aliphatic rings. The van der Waals surface area contributed by atoms with Gasteiger partial charge in [0.05, 0.1) is 6.10 Å². The van der Waals surface area contributed by atoms with E-state index in [9.17, 15) is 9.90 Å². The number of amides is 1. The molecule has 2 atom stereocenters. The lowest BCUT2D eigenvalue weighted by Crippen LogP contribution is -2.44. The van der Waals surface area contributed by atoms with E-state index in [1.807, 2.05) is 4.90 Å². The fourth-order valence-electron chi connectivity index (χ4n) is 2.34. The number of carbonyl (C=O) groups excluding carboxylic acids is 1. The van der Waals surface area contributed by atoms with Gasteiger partial charge in [0.2, 0.25) is 5.91 Å². The Kier molecular flexibility index (Phi) is 7.28. The second-order valence-corrected chi connectivity index (χ2v) is 5.24. The molecule has 1 amide bonds. The van der Waals surface area contributed by atoms with Gasteiger partial charge in [-0.1, -0.05) is 19.8 Å². The number of carbonyl (C=O) groups is 1. The normalized spacial score (nSPS) is 21.9. The molecule has 0 aromatic carbocycles. The molecule has 1 fully saturated rings. The predicted octanol–water partition coefficient (Wildman–Crippen LogP) is 1.81. The molecular formula is C14H27NO3. The van der Waals surface area contributed by atoms with Crippen molar-refractivity contribution in [3.8, 4) is 0 Å². The van der Waals surface area contributed by atoms with Gasteiger partial charge in [0, 0.05) is 25.6 Å². The maximum Gasteiger partial charge on any atom is 0.248 e. The van der Waals surface area contributed by atoms with Crippen LogP contribution in [0.15, 0.2) is 0 Å². The van der Waals surface area contributed by atoms with E-state index in [1.165, 1.54) is 6.42 Å². The molecule has 1 aliphatic heterocycles. The zero-order valence-electron chi connectivity index (χ0n) is 11.7. The van der Waals surface area contributed by atoms with E-state index < -0.39 is 0 Å². The molecule has 1 saturated heterocycles. The summed E-state index contributed by atoms with van der Waals surface area (Å²) in [5.41, 5.74) is 0. The predicted molar refractivity (Wildman–Crippen MR) is 71.3 cm³/mol. The molecule has 1 N–H and O–H groups in total. The van der Waals surface area contributed by atoms with Crippen molar-refractivity contribution in [1.82, 2.24) is 4.90 Å². The largest absolute Gasteiger partial charge is 0.393 e. The number of hydrogen-bond acceptors (Lipinski definition) is 3. The van der Waals surface area contributed by atoms with E-state index in [1.54, 1.807) is 6.92 Å². The highest BCUT2D eigenvalue weighted by Crippen LogP contribution is 2.19. The number of hydrogen-bond donors (Lipinski definition) is 1. The van der Waals surface area contributed by atoms with Gasteiger partial charge in [-0.25, -0.2) is 0 Å². The fraction of sp³-hybridized carbons (Fsp3) is 0.929. The van der Waals surface area contributed by atoms with E-state index in [0.717, 1.165) is 32.2 Å². The third-order valence-corrected chi connectivity index (χ3v) is 3.61. The highest BCUT2D eigenvalue weighted by Gasteiger charge is 2.26. The molecule has 4 heteroatoms. The summed E-state index contributed by atoms with van der Waals surface area (Å²) < 4.78 is 5.39. The Morgan fingerprint density at radius 1 is 1.50 bits per heavy atom. The molecule has 0 aromatic rings. The maximum absolute atomic E-state index is 11.9. The molecule has 0 saturated carbocycles. The van der Waals surface area contributed by atoms with Crippen molar-refractivity contribution in [2.75, 3.05) is 26.3 Å². The summed E-state index contributed by atoms with van der Waals surface area (Å²) in [6, 6.07) is 0. The molecule has 0 aliphatic carbocycles. The number of nitrogens with zero attached hydrogens (tertiary/aromatic N) is 1. The van der Waals surface area contributed by atoms with Crippen molar-refractivity contribution >= 4 is 5.91 Å². The van der Waals surface area contributed by atoms with E-state index >= 15 is 0 Å². The van der Waals surface area contributed by atoms with Crippen molar-refractivity contribution in [2.24, 2.45) is 5.92 Å². The van der Waals surface area contributed by atoms with Crippen molar-refractivity contribution in [3.05, 3.63) is 0 Å². The Morgan fingerprint density at radius 2 is 2.28 bits per heavy atom. The minimum atomic E-state index is -0.328. The van der Waals surface area contributed by atoms with E-state index in [4.69, 9.17) is 4.74 Å². The van der Waals surface area contributed by atoms with Crippen molar-refractivity contribution in [2.45, 2.75) is 52.1 Å². The van der Waals surface area contributed by atoms with Crippen molar-refractivity contribution in [1.29, 1.82) is 0 Å². The van der Waals surface area contributed by atoms with Crippen LogP contribution in [0.4, 0.5) is 0 Å². The second kappa shape index (κ2) is 8.48. The first-order valence-electron chi connectivity index (χ1n) is 7.18. The topological polar surface area (TPSA) is 49.8 Å². The Labute approximate surface area is 110 Å². The Bertz CT molecular complexity index is 243. The number of likely N-dealkylation sites (tertiary alicyclic amines) is 1. The zero-order chi connectivity index (χ0) is 13.4. The first-order chi connectivity index (χ1) is 8.65. The lowest BCUT2D eigenvalue weighted by atomic mass is 9.93. The van der Waals surface area contributed by atoms with Gasteiger partial charge in [-0.15, -0.1) is 0 Å². The first-order valence-corrected chi connectivity index (χ1v) is 7.18. The summed E-state index contributed by atoms with van der Waals surface area (Å²) in [4.78, 5) is 13.8. The standard InChI is InChI=1S/C14H27NO3/c1-3-4-5-9-18-11-14(17)15-8-6-7-13(10-15)12(2)16/h12-13,16H,3-11H2,1-2H3. The summed E-state index contributed by atoms with van der Waals surface area (Å²) in [7, 11) is 0. The average molecular weight is 257 g/mol. The Hall–Kier alpha value is -0.610. The van der Waals surface area contributed by atoms with Crippen LogP contribution in [-0.2, 0) is 9.53 Å². The lowest BCUT2D eigenvalue weighted by Gasteiger charge is -2.34. The van der Waals surface area contributed by atoms with Crippen LogP contribution in [0.1, 0.15) is 46.0 Å². The molecule has 4 nitrogen and oxygen atoms in total. The number of rotatable bonds is 7. The van der Waals surface area contributed by atoms with Gasteiger partial charge in [-0.2, -0.15) is 0 Å². The molecule has 2 unspecified atom stereocenters. The van der Waals surface area contributed by atoms with E-state index in [-0.39, 0.29) is 24.5 Å². The van der Waals surface area contributed by atoms with Gasteiger partial charge in [0.25, 0.3) is 0 Å². The maximum atomic E-state index is 11.9. The summed E-state index contributed by atoms with van der Waals surface area (Å²) >= 11 is 0. The number of aliphatic hydroxyl groups excluding tert-OH is 1. The summed E-state index contributed by atoms with van der Waals surface area (Å²) in [6.07, 6.45) is 5.02. The molecule has 18 heavy (non-hydrogen) atoms. The van der Waals surface area contributed by atoms with Crippen LogP contribution in [0.2, 0.25) is 0 Å². The zero-order valence-corrected chi connectivity index (χ0v) is 11.7. The molecule has 0 radical (unpaired) electrons. The number of piperidine rings is 1. The van der Waals surface area contributed by atoms with Crippen molar-refractivity contribution in [3.63, 3.8) is 0 Å². The van der Waals surface area contributed by atoms with Gasteiger partial charge in [-0.05, 0) is 26.2 Å². The van der Waals surface area contributed by atoms with Gasteiger partial charge < -0.3 is 14.7 Å². The third-order valence-electron chi connectivity index (χ3n) is 3.61. The molecule has 1 heterocycles. The van der Waals surface area contributed by atoms with Crippen LogP contribution in [0.25, 0.3) is 0 Å². The minimum Gasteiger partial charge on any atom is -0.393 e. The van der Waals surface area contributed by atoms with Crippen LogP contribution >= 0.6 is 0 Å². The molecule has 106 valence electrons. The summed E-state index contributed by atoms with van der Waals surface area (Å²) in [5, 5.41) is 9.58. The second-order valence-electron chi connectivity index (χ2n) is 5.24. The van der Waals surface area contributed by atoms with E-state index in [0.29, 0.717) is 13.2 Å². The number of ether oxygens (including phenoxy) is 1. The lowest BCUT2D eigenvalue weighted by molar-refractivity contribution is -0.138. The van der Waals surface area contributed by atoms with Crippen LogP contribution in [0.3, 0.4) is 0 Å². The van der Waals surface area contributed by atoms with Gasteiger partial charge in [0.1, 0.15) is 6.61 Å². The minimum absolute atomic E-state index is 0.0665. The van der Waals surface area contributed by atoms with Crippen molar-refractivity contribution < 1.29 is 14.6 Å². The summed E-state index contributed by atoms with van der Waals surface area (Å²) in [5.74, 6) is 0.291. The highest BCUT2D eigenvalue weighted by atomic mass is 16.5. The molecular weight excluding hydrogens is 230 g/mol. The van der Waals surface area contributed by atoms with Crippen LogP contribution in [0, 0.1) is 5.92 Å². The number of aliphatic hydroxyl groups is 1. The summed E-state index contributed by atoms with van der Waals surface area (Å²) in [6.45, 7) is 6.30. The van der Waals surface area contributed by atoms with Gasteiger partial charge >= 0.3 is 0 Å². The van der Waals surface area contributed by atoms with Gasteiger partial charge in [0.15, 0.2) is 0 Å². The molecule has 1 rings (SSSR count). The Morgan fingerprint density at radius 3 is 2.94 bits per heavy atom. The SMILES string of the molecule is CCCCCOCC(=O)N1CCCC(C(C)O)C1. The Balaban J connectivity index is 2.20. The third kappa shape index (κ3) is 5.36. The monoisotopic (exact) mass is 257 g/mol. The van der Waals surface area contributed by atoms with Crippen LogP contribution < -0.4 is 0 Å². The smallest absolute Gasteiger partial charge is 0.248 e. The van der Waals surface area contributed by atoms with E-state index in [2.05, 4.69) is 6.92 Å². The fourth-order valence-corrected chi connectivity index (χ4v) is 2.34. The highest BCUT2D eigenvalue weighted by molar-refractivity contribution is 5.77. The number of unbranched alkanes of at least 4 members (excludes halogenated alkanes) is 2. The molecule has 0 aromatic heterocycles. The quantitative estimate of drug-likeness (QED) is 0.708. The van der Waals surface area contributed by atoms with Gasteiger partial charge in [-0.3, -0.25) is 4.79 Å². The average Bonchev–Trinajstić information content (AvgIpc) is 2.38. The van der Waals surface area contributed by atoms with Crippen LogP contribution in [0.5, 0.6) is 0 Å². The molecule has 0 bridgehead atoms. The molecule has 0 spiro atoms. The first kappa shape index (κ1) is 15.4.